The van der Waals surface area contributed by atoms with Crippen LogP contribution >= 0.6 is 11.8 Å². The van der Waals surface area contributed by atoms with E-state index in [1.807, 2.05) is 42.5 Å². The SMILES string of the molecule is CC(C)c1cccc2c1Sc1ccccc1/C2=C(/C#N)C(N)=O. The lowest BCUT2D eigenvalue weighted by Crippen LogP contribution is -2.16. The van der Waals surface area contributed by atoms with Gasteiger partial charge in [0.15, 0.2) is 0 Å². The van der Waals surface area contributed by atoms with Gasteiger partial charge < -0.3 is 5.73 Å². The molecule has 4 heteroatoms. The molecule has 0 atom stereocenters. The summed E-state index contributed by atoms with van der Waals surface area (Å²) in [4.78, 5) is 13.9. The predicted molar refractivity (Wildman–Crippen MR) is 91.9 cm³/mol. The molecule has 1 aliphatic rings. The Morgan fingerprint density at radius 3 is 2.48 bits per heavy atom. The molecule has 0 aromatic heterocycles. The number of carbonyl (C=O) groups excluding carboxylic acids is 1. The van der Waals surface area contributed by atoms with Gasteiger partial charge in [-0.15, -0.1) is 0 Å². The van der Waals surface area contributed by atoms with Crippen LogP contribution in [-0.4, -0.2) is 5.91 Å². The Hall–Kier alpha value is -2.51. The molecule has 2 aromatic rings. The number of amides is 1. The number of nitrogens with two attached hydrogens (primary N) is 1. The van der Waals surface area contributed by atoms with Crippen molar-refractivity contribution in [3.63, 3.8) is 0 Å². The van der Waals surface area contributed by atoms with Gasteiger partial charge in [-0.2, -0.15) is 5.26 Å². The van der Waals surface area contributed by atoms with Crippen molar-refractivity contribution >= 4 is 23.2 Å². The Labute approximate surface area is 139 Å². The highest BCUT2D eigenvalue weighted by Crippen LogP contribution is 2.48. The number of primary amides is 1. The van der Waals surface area contributed by atoms with Crippen LogP contribution in [-0.2, 0) is 4.79 Å². The number of nitrogens with zero attached hydrogens (tertiary/aromatic N) is 1. The van der Waals surface area contributed by atoms with Crippen LogP contribution in [0, 0.1) is 11.3 Å². The van der Waals surface area contributed by atoms with Crippen molar-refractivity contribution in [1.29, 1.82) is 5.26 Å². The molecule has 0 bridgehead atoms. The van der Waals surface area contributed by atoms with Crippen molar-refractivity contribution in [2.45, 2.75) is 29.6 Å². The summed E-state index contributed by atoms with van der Waals surface area (Å²) in [5.74, 6) is -0.340. The number of hydrogen-bond acceptors (Lipinski definition) is 3. The normalized spacial score (nSPS) is 14.7. The maximum atomic E-state index is 11.8. The van der Waals surface area contributed by atoms with Crippen molar-refractivity contribution in [1.82, 2.24) is 0 Å². The molecule has 0 fully saturated rings. The summed E-state index contributed by atoms with van der Waals surface area (Å²) < 4.78 is 0. The molecular formula is C19H16N2OS. The summed E-state index contributed by atoms with van der Waals surface area (Å²) in [5.41, 5.74) is 9.13. The molecule has 0 spiro atoms. The largest absolute Gasteiger partial charge is 0.365 e. The Morgan fingerprint density at radius 2 is 1.83 bits per heavy atom. The summed E-state index contributed by atoms with van der Waals surface area (Å²) in [6.07, 6.45) is 0. The van der Waals surface area contributed by atoms with Crippen LogP contribution in [0.5, 0.6) is 0 Å². The van der Waals surface area contributed by atoms with E-state index in [9.17, 15) is 10.1 Å². The minimum Gasteiger partial charge on any atom is -0.365 e. The summed E-state index contributed by atoms with van der Waals surface area (Å²) >= 11 is 1.69. The maximum absolute atomic E-state index is 11.8. The molecule has 2 aromatic carbocycles. The van der Waals surface area contributed by atoms with E-state index in [2.05, 4.69) is 19.9 Å². The van der Waals surface area contributed by atoms with Gasteiger partial charge in [0, 0.05) is 15.4 Å². The number of rotatable bonds is 2. The number of fused-ring (bicyclic) bond motifs is 2. The molecule has 0 saturated heterocycles. The molecule has 114 valence electrons. The van der Waals surface area contributed by atoms with Crippen LogP contribution < -0.4 is 5.73 Å². The second kappa shape index (κ2) is 5.94. The maximum Gasteiger partial charge on any atom is 0.260 e. The lowest BCUT2D eigenvalue weighted by atomic mass is 9.89. The summed E-state index contributed by atoms with van der Waals surface area (Å²) in [5, 5.41) is 9.46. The first-order chi connectivity index (χ1) is 11.0. The number of hydrogen-bond donors (Lipinski definition) is 1. The van der Waals surface area contributed by atoms with E-state index in [1.165, 1.54) is 5.56 Å². The van der Waals surface area contributed by atoms with E-state index in [0.717, 1.165) is 20.9 Å². The summed E-state index contributed by atoms with van der Waals surface area (Å²) in [6, 6.07) is 15.8. The minimum absolute atomic E-state index is 0.0138. The smallest absolute Gasteiger partial charge is 0.260 e. The topological polar surface area (TPSA) is 66.9 Å². The highest BCUT2D eigenvalue weighted by molar-refractivity contribution is 7.99. The summed E-state index contributed by atoms with van der Waals surface area (Å²) in [7, 11) is 0. The van der Waals surface area contributed by atoms with Gasteiger partial charge in [-0.1, -0.05) is 62.0 Å². The van der Waals surface area contributed by atoms with E-state index in [1.54, 1.807) is 11.8 Å². The molecule has 3 rings (SSSR count). The Kier molecular flexibility index (Phi) is 3.97. The van der Waals surface area contributed by atoms with Crippen molar-refractivity contribution in [3.05, 3.63) is 64.7 Å². The average molecular weight is 320 g/mol. The highest BCUT2D eigenvalue weighted by Gasteiger charge is 2.27. The van der Waals surface area contributed by atoms with Gasteiger partial charge in [-0.25, -0.2) is 0 Å². The van der Waals surface area contributed by atoms with E-state index in [-0.39, 0.29) is 5.57 Å². The molecule has 0 unspecified atom stereocenters. The van der Waals surface area contributed by atoms with Crippen molar-refractivity contribution in [2.24, 2.45) is 5.73 Å². The molecule has 1 heterocycles. The van der Waals surface area contributed by atoms with Crippen LogP contribution in [0.25, 0.3) is 5.57 Å². The Bertz CT molecular complexity index is 875. The molecule has 1 aliphatic heterocycles. The highest BCUT2D eigenvalue weighted by atomic mass is 32.2. The van der Waals surface area contributed by atoms with Crippen molar-refractivity contribution in [2.75, 3.05) is 0 Å². The first-order valence-corrected chi connectivity index (χ1v) is 8.21. The fraction of sp³-hybridized carbons (Fsp3) is 0.158. The molecule has 3 nitrogen and oxygen atoms in total. The number of carbonyl (C=O) groups is 1. The minimum atomic E-state index is -0.690. The monoisotopic (exact) mass is 320 g/mol. The van der Waals surface area contributed by atoms with Gasteiger partial charge in [0.25, 0.3) is 5.91 Å². The lowest BCUT2D eigenvalue weighted by Gasteiger charge is -2.25. The van der Waals surface area contributed by atoms with Gasteiger partial charge in [0.05, 0.1) is 0 Å². The van der Waals surface area contributed by atoms with Crippen LogP contribution in [0.1, 0.15) is 36.5 Å². The van der Waals surface area contributed by atoms with Gasteiger partial charge in [-0.3, -0.25) is 4.79 Å². The first-order valence-electron chi connectivity index (χ1n) is 7.39. The standard InChI is InChI=1S/C19H16N2OS/c1-11(2)12-7-5-8-14-17(15(10-20)19(21)22)13-6-3-4-9-16(13)23-18(12)14/h3-9,11H,1-2H3,(H2,21,22)/b17-15+. The zero-order valence-electron chi connectivity index (χ0n) is 13.0. The molecule has 0 radical (unpaired) electrons. The van der Waals surface area contributed by atoms with E-state index in [4.69, 9.17) is 5.73 Å². The number of nitriles is 1. The third-order valence-corrected chi connectivity index (χ3v) is 5.15. The third-order valence-electron chi connectivity index (χ3n) is 3.91. The molecule has 1 amide bonds. The Balaban J connectivity index is 2.41. The second-order valence-electron chi connectivity index (χ2n) is 5.70. The van der Waals surface area contributed by atoms with Gasteiger partial charge in [0.2, 0.25) is 0 Å². The zero-order valence-corrected chi connectivity index (χ0v) is 13.8. The Morgan fingerprint density at radius 1 is 1.13 bits per heavy atom. The fourth-order valence-electron chi connectivity index (χ4n) is 2.84. The fourth-order valence-corrected chi connectivity index (χ4v) is 4.19. The lowest BCUT2D eigenvalue weighted by molar-refractivity contribution is -0.114. The zero-order chi connectivity index (χ0) is 16.6. The van der Waals surface area contributed by atoms with Crippen LogP contribution in [0.3, 0.4) is 0 Å². The molecule has 23 heavy (non-hydrogen) atoms. The van der Waals surface area contributed by atoms with E-state index >= 15 is 0 Å². The van der Waals surface area contributed by atoms with Crippen LogP contribution in [0.2, 0.25) is 0 Å². The average Bonchev–Trinajstić information content (AvgIpc) is 2.53. The van der Waals surface area contributed by atoms with Crippen LogP contribution in [0.15, 0.2) is 57.8 Å². The van der Waals surface area contributed by atoms with Gasteiger partial charge in [-0.05, 0) is 28.7 Å². The molecule has 0 saturated carbocycles. The van der Waals surface area contributed by atoms with E-state index in [0.29, 0.717) is 11.5 Å². The number of benzene rings is 2. The first kappa shape index (κ1) is 15.4. The second-order valence-corrected chi connectivity index (χ2v) is 6.76. The quantitative estimate of drug-likeness (QED) is 0.571. The molecule has 2 N–H and O–H groups in total. The van der Waals surface area contributed by atoms with E-state index < -0.39 is 5.91 Å². The van der Waals surface area contributed by atoms with Crippen LogP contribution in [0.4, 0.5) is 0 Å². The van der Waals surface area contributed by atoms with Gasteiger partial charge >= 0.3 is 0 Å². The van der Waals surface area contributed by atoms with Crippen molar-refractivity contribution in [3.8, 4) is 6.07 Å². The third kappa shape index (κ3) is 2.54. The molecule has 0 aliphatic carbocycles. The van der Waals surface area contributed by atoms with Gasteiger partial charge in [0.1, 0.15) is 11.6 Å². The predicted octanol–water partition coefficient (Wildman–Crippen LogP) is 4.09. The summed E-state index contributed by atoms with van der Waals surface area (Å²) in [6.45, 7) is 4.28. The van der Waals surface area contributed by atoms with Crippen molar-refractivity contribution < 1.29 is 4.79 Å². The molecular weight excluding hydrogens is 304 g/mol.